The van der Waals surface area contributed by atoms with E-state index in [4.69, 9.17) is 29.6 Å². The average Bonchev–Trinajstić information content (AvgIpc) is 2.96. The van der Waals surface area contributed by atoms with Crippen molar-refractivity contribution < 1.29 is 33.6 Å². The number of benzene rings is 1. The summed E-state index contributed by atoms with van der Waals surface area (Å²) in [7, 11) is -4.94. The monoisotopic (exact) mass is 395 g/mol. The van der Waals surface area contributed by atoms with Crippen LogP contribution in [0.1, 0.15) is 38.5 Å². The number of hydrogen-bond donors (Lipinski definition) is 1. The predicted molar refractivity (Wildman–Crippen MR) is 82.1 cm³/mol. The van der Waals surface area contributed by atoms with E-state index in [1.54, 1.807) is 4.68 Å². The van der Waals surface area contributed by atoms with Gasteiger partial charge in [-0.05, 0) is 73.2 Å². The third-order valence-electron chi connectivity index (χ3n) is 6.02. The van der Waals surface area contributed by atoms with Gasteiger partial charge in [-0.25, -0.2) is 18.6 Å². The maximum absolute atomic E-state index is 8.49. The van der Waals surface area contributed by atoms with Gasteiger partial charge in [0.2, 0.25) is 0 Å². The summed E-state index contributed by atoms with van der Waals surface area (Å²) < 4.78 is 35.7. The molecule has 27 heavy (non-hydrogen) atoms. The summed E-state index contributed by atoms with van der Waals surface area (Å²) in [4.78, 5) is 1.97. The molecule has 0 amide bonds. The minimum absolute atomic E-state index is 0.128. The van der Waals surface area contributed by atoms with Gasteiger partial charge in [-0.2, -0.15) is 0 Å². The lowest BCUT2D eigenvalue weighted by atomic mass is 9.53. The quantitative estimate of drug-likeness (QED) is 0.543. The lowest BCUT2D eigenvalue weighted by molar-refractivity contribution is -2.00. The van der Waals surface area contributed by atoms with Crippen molar-refractivity contribution in [3.8, 4) is 5.69 Å². The molecule has 0 unspecified atom stereocenters. The fraction of sp³-hybridized carbons (Fsp3) is 0.588. The van der Waals surface area contributed by atoms with E-state index < -0.39 is 10.2 Å². The number of tetrazole rings is 1. The van der Waals surface area contributed by atoms with Gasteiger partial charge >= 0.3 is 5.95 Å². The lowest BCUT2D eigenvalue weighted by Crippen LogP contribution is -2.68. The molecule has 0 saturated heterocycles. The Balaban J connectivity index is 0.000000323. The summed E-state index contributed by atoms with van der Waals surface area (Å²) in [6.07, 6.45) is 7.99. The van der Waals surface area contributed by atoms with E-state index in [0.29, 0.717) is 5.95 Å². The highest BCUT2D eigenvalue weighted by atomic mass is 35.7. The summed E-state index contributed by atoms with van der Waals surface area (Å²) in [5, 5.41) is 9.39. The molecule has 0 aliphatic heterocycles. The van der Waals surface area contributed by atoms with E-state index in [2.05, 4.69) is 5.10 Å². The molecule has 6 rings (SSSR count). The first-order chi connectivity index (χ1) is 12.7. The predicted octanol–water partition coefficient (Wildman–Crippen LogP) is -2.69. The van der Waals surface area contributed by atoms with Crippen LogP contribution in [-0.2, 0) is 5.54 Å². The van der Waals surface area contributed by atoms with Gasteiger partial charge in [0.05, 0.1) is 5.10 Å². The van der Waals surface area contributed by atoms with Crippen LogP contribution in [0.2, 0.25) is 0 Å². The van der Waals surface area contributed by atoms with E-state index in [1.165, 1.54) is 38.5 Å². The molecule has 0 spiro atoms. The highest BCUT2D eigenvalue weighted by molar-refractivity contribution is 5.23. The zero-order valence-corrected chi connectivity index (χ0v) is 15.5. The maximum Gasteiger partial charge on any atom is 0.400 e. The van der Waals surface area contributed by atoms with Gasteiger partial charge in [0, 0.05) is 5.21 Å². The number of aromatic nitrogens is 4. The van der Waals surface area contributed by atoms with Crippen molar-refractivity contribution in [2.75, 3.05) is 5.73 Å². The maximum atomic E-state index is 8.49. The molecule has 4 bridgehead atoms. The number of anilines is 1. The van der Waals surface area contributed by atoms with Crippen molar-refractivity contribution in [2.24, 2.45) is 17.8 Å². The van der Waals surface area contributed by atoms with Gasteiger partial charge in [-0.1, -0.05) is 22.9 Å². The molecule has 1 heterocycles. The van der Waals surface area contributed by atoms with Crippen LogP contribution in [0.3, 0.4) is 0 Å². The summed E-state index contributed by atoms with van der Waals surface area (Å²) in [6.45, 7) is 0. The minimum atomic E-state index is -4.94. The van der Waals surface area contributed by atoms with Crippen LogP contribution in [0.5, 0.6) is 0 Å². The Morgan fingerprint density at radius 1 is 0.963 bits per heavy atom. The Hall–Kier alpha value is -1.78. The van der Waals surface area contributed by atoms with Crippen LogP contribution in [-0.4, -0.2) is 15.1 Å². The van der Waals surface area contributed by atoms with Crippen molar-refractivity contribution >= 4 is 5.95 Å². The lowest BCUT2D eigenvalue weighted by Gasteiger charge is -2.53. The molecule has 4 aliphatic carbocycles. The van der Waals surface area contributed by atoms with Crippen LogP contribution in [0.15, 0.2) is 30.3 Å². The second-order valence-electron chi connectivity index (χ2n) is 8.00. The van der Waals surface area contributed by atoms with Crippen LogP contribution in [0, 0.1) is 28.0 Å². The van der Waals surface area contributed by atoms with E-state index in [1.807, 2.05) is 35.1 Å². The Morgan fingerprint density at radius 2 is 1.44 bits per heavy atom. The number of nitrogen functional groups attached to an aromatic ring is 1. The first-order valence-corrected chi connectivity index (χ1v) is 10.3. The van der Waals surface area contributed by atoms with E-state index in [-0.39, 0.29) is 5.54 Å². The second-order valence-corrected chi connectivity index (χ2v) is 8.76. The number of halogens is 1. The normalized spacial score (nSPS) is 31.5. The minimum Gasteiger partial charge on any atom is -0.303 e. The van der Waals surface area contributed by atoms with Crippen molar-refractivity contribution in [2.45, 2.75) is 44.1 Å². The fourth-order valence-electron chi connectivity index (χ4n) is 5.55. The fourth-order valence-corrected chi connectivity index (χ4v) is 5.55. The Labute approximate surface area is 158 Å². The molecule has 146 valence electrons. The third-order valence-corrected chi connectivity index (χ3v) is 6.02. The topological polar surface area (TPSA) is 153 Å². The smallest absolute Gasteiger partial charge is 0.303 e. The molecule has 0 radical (unpaired) electrons. The number of nitrogens with two attached hydrogens (primary N) is 1. The molecule has 10 heteroatoms. The summed E-state index contributed by atoms with van der Waals surface area (Å²) in [5.74, 6) is 3.12. The molecule has 2 N–H and O–H groups in total. The van der Waals surface area contributed by atoms with Crippen LogP contribution >= 0.6 is 0 Å². The number of nitrogens with zero attached hydrogens (tertiary/aromatic N) is 4. The van der Waals surface area contributed by atoms with Crippen LogP contribution in [0.4, 0.5) is 5.95 Å². The Kier molecular flexibility index (Phi) is 4.59. The first-order valence-electron chi connectivity index (χ1n) is 9.05. The zero-order chi connectivity index (χ0) is 19.2. The van der Waals surface area contributed by atoms with Gasteiger partial charge in [-0.3, -0.25) is 0 Å². The average molecular weight is 396 g/mol. The largest absolute Gasteiger partial charge is 0.400 e. The van der Waals surface area contributed by atoms with E-state index >= 15 is 0 Å². The third kappa shape index (κ3) is 3.92. The first kappa shape index (κ1) is 18.6. The molecule has 0 atom stereocenters. The van der Waals surface area contributed by atoms with E-state index in [9.17, 15) is 0 Å². The van der Waals surface area contributed by atoms with Crippen LogP contribution in [0.25, 0.3) is 5.69 Å². The van der Waals surface area contributed by atoms with Gasteiger partial charge < -0.3 is 5.73 Å². The highest BCUT2D eigenvalue weighted by Gasteiger charge is 2.55. The number of para-hydroxylation sites is 1. The standard InChI is InChI=1S/C17H22N5.ClHO4/c18-16-19-22(20-21(16)15-4-2-1-3-5-15)17-9-12-6-13(10-17)8-14(7-12)11-17;2-1(3,4)5/h1-5,12-14H,6-11H2,(H2,18,19,20);(H,2,3,4,5)/q+1;/p-1. The van der Waals surface area contributed by atoms with Crippen LogP contribution < -0.4 is 29.1 Å². The second kappa shape index (κ2) is 6.68. The van der Waals surface area contributed by atoms with Crippen molar-refractivity contribution in [3.05, 3.63) is 30.3 Å². The SMILES string of the molecule is Nc1nn(C23CC4CC(CC(C4)C2)C3)n[n+]1-c1ccccc1.[O-][Cl+3]([O-])([O-])[O-]. The molecule has 4 saturated carbocycles. The Bertz CT molecular complexity index is 766. The van der Waals surface area contributed by atoms with Crippen molar-refractivity contribution in [3.63, 3.8) is 0 Å². The van der Waals surface area contributed by atoms with E-state index in [0.717, 1.165) is 23.4 Å². The Morgan fingerprint density at radius 3 is 1.93 bits per heavy atom. The number of rotatable bonds is 2. The molecule has 1 aromatic heterocycles. The summed E-state index contributed by atoms with van der Waals surface area (Å²) in [6, 6.07) is 10.1. The highest BCUT2D eigenvalue weighted by Crippen LogP contribution is 2.58. The van der Waals surface area contributed by atoms with Gasteiger partial charge in [0.15, 0.2) is 0 Å². The molecular weight excluding hydrogens is 374 g/mol. The van der Waals surface area contributed by atoms with Gasteiger partial charge in [0.25, 0.3) is 0 Å². The molecule has 1 aromatic carbocycles. The van der Waals surface area contributed by atoms with Crippen molar-refractivity contribution in [1.82, 2.24) is 15.1 Å². The number of hydrogen-bond acceptors (Lipinski definition) is 7. The molecule has 2 aromatic rings. The van der Waals surface area contributed by atoms with Gasteiger partial charge in [0.1, 0.15) is 11.2 Å². The van der Waals surface area contributed by atoms with Gasteiger partial charge in [-0.15, -0.1) is 10.2 Å². The molecule has 4 aliphatic rings. The molecular formula is C17H22ClN5O4. The molecule has 9 nitrogen and oxygen atoms in total. The molecule has 4 fully saturated rings. The summed E-state index contributed by atoms with van der Waals surface area (Å²) in [5.41, 5.74) is 7.27. The zero-order valence-electron chi connectivity index (χ0n) is 14.7. The summed E-state index contributed by atoms with van der Waals surface area (Å²) >= 11 is 0. The van der Waals surface area contributed by atoms with Crippen molar-refractivity contribution in [1.29, 1.82) is 0 Å².